The highest BCUT2D eigenvalue weighted by Gasteiger charge is 1.96. The summed E-state index contributed by atoms with van der Waals surface area (Å²) in [5, 5.41) is 6.46. The summed E-state index contributed by atoms with van der Waals surface area (Å²) in [7, 11) is 0. The van der Waals surface area contributed by atoms with Crippen LogP contribution in [-0.4, -0.2) is 11.9 Å². The predicted molar refractivity (Wildman–Crippen MR) is 46.8 cm³/mol. The van der Waals surface area contributed by atoms with Gasteiger partial charge in [0.25, 0.3) is 0 Å². The van der Waals surface area contributed by atoms with Crippen molar-refractivity contribution in [2.45, 2.75) is 12.3 Å². The lowest BCUT2D eigenvalue weighted by atomic mass is 10.3. The lowest BCUT2D eigenvalue weighted by Crippen LogP contribution is -2.23. The van der Waals surface area contributed by atoms with Gasteiger partial charge in [0.15, 0.2) is 0 Å². The molecule has 1 aliphatic rings. The third kappa shape index (κ3) is 2.35. The summed E-state index contributed by atoms with van der Waals surface area (Å²) in [5.41, 5.74) is 1.09. The van der Waals surface area contributed by atoms with Gasteiger partial charge in [0.05, 0.1) is 11.1 Å². The monoisotopic (exact) mass is 156 g/mol. The highest BCUT2D eigenvalue weighted by molar-refractivity contribution is 7.80. The smallest absolute Gasteiger partial charge is 0.0665 e. The Kier molecular flexibility index (Phi) is 2.68. The van der Waals surface area contributed by atoms with E-state index in [9.17, 15) is 0 Å². The van der Waals surface area contributed by atoms with Crippen molar-refractivity contribution in [2.75, 3.05) is 6.54 Å². The lowest BCUT2D eigenvalue weighted by Gasteiger charge is -2.13. The van der Waals surface area contributed by atoms with Gasteiger partial charge in [0, 0.05) is 12.7 Å². The average Bonchev–Trinajstić information content (AvgIpc) is 1.88. The van der Waals surface area contributed by atoms with Gasteiger partial charge in [0.2, 0.25) is 0 Å². The van der Waals surface area contributed by atoms with Crippen LogP contribution in [-0.2, 0) is 0 Å². The maximum atomic E-state index is 4.19. The molecule has 56 valence electrons. The Balaban J connectivity index is 2.40. The molecule has 2 nitrogen and oxygen atoms in total. The standard InChI is InChI=1S/C7H12N2S/c1-6(10)9-7-3-2-4-8-5-7/h2-3,5-6,8-10H,4H2,1H3. The van der Waals surface area contributed by atoms with Crippen molar-refractivity contribution >= 4 is 12.6 Å². The van der Waals surface area contributed by atoms with Crippen molar-refractivity contribution in [2.24, 2.45) is 0 Å². The molecule has 1 unspecified atom stereocenters. The number of allylic oxidation sites excluding steroid dienone is 1. The van der Waals surface area contributed by atoms with Crippen molar-refractivity contribution in [3.05, 3.63) is 24.0 Å². The summed E-state index contributed by atoms with van der Waals surface area (Å²) in [4.78, 5) is 0. The summed E-state index contributed by atoms with van der Waals surface area (Å²) < 4.78 is 0. The Morgan fingerprint density at radius 3 is 3.10 bits per heavy atom. The van der Waals surface area contributed by atoms with E-state index in [-0.39, 0.29) is 5.37 Å². The van der Waals surface area contributed by atoms with Crippen molar-refractivity contribution in [1.82, 2.24) is 10.6 Å². The Morgan fingerprint density at radius 2 is 2.60 bits per heavy atom. The molecule has 2 N–H and O–H groups in total. The molecule has 0 aliphatic carbocycles. The van der Waals surface area contributed by atoms with Crippen LogP contribution in [0.15, 0.2) is 24.0 Å². The molecule has 3 heteroatoms. The van der Waals surface area contributed by atoms with Gasteiger partial charge in [-0.3, -0.25) is 0 Å². The molecule has 1 rings (SSSR count). The third-order valence-electron chi connectivity index (χ3n) is 1.17. The summed E-state index contributed by atoms with van der Waals surface area (Å²) in [6.45, 7) is 2.92. The zero-order valence-corrected chi connectivity index (χ0v) is 6.86. The Labute approximate surface area is 66.8 Å². The Bertz CT molecular complexity index is 161. The summed E-state index contributed by atoms with van der Waals surface area (Å²) in [5.74, 6) is 0. The van der Waals surface area contributed by atoms with Gasteiger partial charge in [0.1, 0.15) is 0 Å². The van der Waals surface area contributed by atoms with E-state index in [1.807, 2.05) is 19.2 Å². The molecule has 0 radical (unpaired) electrons. The predicted octanol–water partition coefficient (Wildman–Crippen LogP) is 0.853. The molecule has 0 spiro atoms. The number of hydrogen-bond donors (Lipinski definition) is 3. The molecular formula is C7H12N2S. The topological polar surface area (TPSA) is 24.1 Å². The largest absolute Gasteiger partial charge is 0.386 e. The molecule has 0 saturated heterocycles. The first-order valence-electron chi connectivity index (χ1n) is 3.34. The number of dihydropyridines is 1. The second kappa shape index (κ2) is 3.56. The highest BCUT2D eigenvalue weighted by atomic mass is 32.1. The van der Waals surface area contributed by atoms with Crippen LogP contribution in [0.3, 0.4) is 0 Å². The fourth-order valence-corrected chi connectivity index (χ4v) is 0.951. The fraction of sp³-hybridized carbons (Fsp3) is 0.429. The zero-order valence-electron chi connectivity index (χ0n) is 5.96. The van der Waals surface area contributed by atoms with Crippen molar-refractivity contribution in [3.63, 3.8) is 0 Å². The first-order chi connectivity index (χ1) is 4.79. The number of hydrogen-bond acceptors (Lipinski definition) is 3. The summed E-state index contributed by atoms with van der Waals surface area (Å²) in [6, 6.07) is 0. The minimum absolute atomic E-state index is 0.204. The third-order valence-corrected chi connectivity index (χ3v) is 1.30. The second-order valence-electron chi connectivity index (χ2n) is 2.23. The van der Waals surface area contributed by atoms with Gasteiger partial charge in [-0.25, -0.2) is 0 Å². The van der Waals surface area contributed by atoms with E-state index in [1.54, 1.807) is 0 Å². The van der Waals surface area contributed by atoms with Gasteiger partial charge in [-0.2, -0.15) is 12.6 Å². The lowest BCUT2D eigenvalue weighted by molar-refractivity contribution is 0.798. The van der Waals surface area contributed by atoms with E-state index in [0.29, 0.717) is 0 Å². The van der Waals surface area contributed by atoms with Crippen LogP contribution in [0.5, 0.6) is 0 Å². The Morgan fingerprint density at radius 1 is 1.80 bits per heavy atom. The van der Waals surface area contributed by atoms with Crippen LogP contribution >= 0.6 is 12.6 Å². The van der Waals surface area contributed by atoms with Gasteiger partial charge in [-0.15, -0.1) is 0 Å². The number of thiol groups is 1. The van der Waals surface area contributed by atoms with Crippen molar-refractivity contribution < 1.29 is 0 Å². The van der Waals surface area contributed by atoms with Crippen LogP contribution in [0.2, 0.25) is 0 Å². The van der Waals surface area contributed by atoms with E-state index in [2.05, 4.69) is 29.3 Å². The molecule has 1 atom stereocenters. The molecule has 0 bridgehead atoms. The molecule has 0 saturated carbocycles. The quantitative estimate of drug-likeness (QED) is 0.408. The first-order valence-corrected chi connectivity index (χ1v) is 3.85. The van der Waals surface area contributed by atoms with Crippen LogP contribution < -0.4 is 10.6 Å². The molecule has 10 heavy (non-hydrogen) atoms. The second-order valence-corrected chi connectivity index (χ2v) is 3.01. The van der Waals surface area contributed by atoms with Crippen LogP contribution in [0.25, 0.3) is 0 Å². The van der Waals surface area contributed by atoms with Gasteiger partial charge < -0.3 is 10.6 Å². The van der Waals surface area contributed by atoms with Gasteiger partial charge in [-0.1, -0.05) is 6.08 Å². The van der Waals surface area contributed by atoms with E-state index < -0.39 is 0 Å². The van der Waals surface area contributed by atoms with Gasteiger partial charge >= 0.3 is 0 Å². The summed E-state index contributed by atoms with van der Waals surface area (Å²) in [6.07, 6.45) is 6.06. The Hall–Kier alpha value is -0.570. The fourth-order valence-electron chi connectivity index (χ4n) is 0.802. The highest BCUT2D eigenvalue weighted by Crippen LogP contribution is 1.98. The molecule has 0 aromatic rings. The maximum absolute atomic E-state index is 4.19. The number of rotatable bonds is 2. The van der Waals surface area contributed by atoms with Crippen LogP contribution in [0.1, 0.15) is 6.92 Å². The van der Waals surface area contributed by atoms with E-state index in [0.717, 1.165) is 12.2 Å². The molecule has 0 fully saturated rings. The van der Waals surface area contributed by atoms with E-state index in [1.165, 1.54) is 0 Å². The van der Waals surface area contributed by atoms with Crippen molar-refractivity contribution in [1.29, 1.82) is 0 Å². The molecule has 1 aliphatic heterocycles. The van der Waals surface area contributed by atoms with Crippen LogP contribution in [0.4, 0.5) is 0 Å². The molecule has 1 heterocycles. The van der Waals surface area contributed by atoms with Gasteiger partial charge in [-0.05, 0) is 13.0 Å². The van der Waals surface area contributed by atoms with E-state index in [4.69, 9.17) is 0 Å². The van der Waals surface area contributed by atoms with Crippen LogP contribution in [0, 0.1) is 0 Å². The molecular weight excluding hydrogens is 144 g/mol. The first kappa shape index (κ1) is 7.54. The minimum atomic E-state index is 0.204. The van der Waals surface area contributed by atoms with E-state index >= 15 is 0 Å². The molecule has 0 amide bonds. The SMILES string of the molecule is CC(S)NC1=CNCC=C1. The molecule has 0 aromatic carbocycles. The summed E-state index contributed by atoms with van der Waals surface area (Å²) >= 11 is 4.19. The average molecular weight is 156 g/mol. The molecule has 0 aromatic heterocycles. The van der Waals surface area contributed by atoms with Crippen molar-refractivity contribution in [3.8, 4) is 0 Å². The minimum Gasteiger partial charge on any atom is -0.386 e. The number of nitrogens with one attached hydrogen (secondary N) is 2. The maximum Gasteiger partial charge on any atom is 0.0665 e. The normalized spacial score (nSPS) is 19.2. The zero-order chi connectivity index (χ0) is 7.40.